The summed E-state index contributed by atoms with van der Waals surface area (Å²) in [4.78, 5) is 15.1. The summed E-state index contributed by atoms with van der Waals surface area (Å²) in [7, 11) is 1.59. The quantitative estimate of drug-likeness (QED) is 0.637. The van der Waals surface area contributed by atoms with Crippen molar-refractivity contribution >= 4 is 11.6 Å². The lowest BCUT2D eigenvalue weighted by molar-refractivity contribution is -0.120. The fraction of sp³-hybridized carbons (Fsp3) is 0.435. The molecule has 0 bridgehead atoms. The van der Waals surface area contributed by atoms with Gasteiger partial charge < -0.3 is 19.7 Å². The second kappa shape index (κ2) is 10.3. The van der Waals surface area contributed by atoms with E-state index in [2.05, 4.69) is 24.1 Å². The molecule has 0 aliphatic rings. The van der Waals surface area contributed by atoms with Gasteiger partial charge in [0.15, 0.2) is 11.5 Å². The van der Waals surface area contributed by atoms with Gasteiger partial charge in [-0.3, -0.25) is 4.79 Å². The number of nitrogens with one attached hydrogen (secondary N) is 1. The molecule has 0 fully saturated rings. The number of benzene rings is 2. The zero-order valence-electron chi connectivity index (χ0n) is 17.9. The summed E-state index contributed by atoms with van der Waals surface area (Å²) in [6, 6.07) is 11.3. The first-order valence-electron chi connectivity index (χ1n) is 9.92. The maximum absolute atomic E-state index is 13.2. The second-order valence-corrected chi connectivity index (χ2v) is 7.33. The van der Waals surface area contributed by atoms with Crippen LogP contribution >= 0.6 is 0 Å². The molecule has 0 aromatic heterocycles. The largest absolute Gasteiger partial charge is 0.493 e. The summed E-state index contributed by atoms with van der Waals surface area (Å²) in [5, 5.41) is 2.93. The third-order valence-corrected chi connectivity index (χ3v) is 5.11. The Balaban J connectivity index is 2.11. The number of hydrogen-bond donors (Lipinski definition) is 1. The number of anilines is 1. The van der Waals surface area contributed by atoms with Crippen LogP contribution in [-0.4, -0.2) is 44.2 Å². The van der Waals surface area contributed by atoms with Crippen LogP contribution in [0.5, 0.6) is 11.5 Å². The molecule has 29 heavy (non-hydrogen) atoms. The Morgan fingerprint density at radius 2 is 1.72 bits per heavy atom. The SMILES string of the molecule is CCN(CC)CCOc1cc(NC(=O)C(C)(C)c2ccc(F)cc2)ccc1OC. The van der Waals surface area contributed by atoms with Crippen LogP contribution in [0.15, 0.2) is 42.5 Å². The minimum Gasteiger partial charge on any atom is -0.493 e. The lowest BCUT2D eigenvalue weighted by Gasteiger charge is -2.24. The van der Waals surface area contributed by atoms with E-state index in [0.717, 1.165) is 25.2 Å². The Morgan fingerprint density at radius 1 is 1.07 bits per heavy atom. The number of carbonyl (C=O) groups is 1. The molecule has 2 rings (SSSR count). The highest BCUT2D eigenvalue weighted by molar-refractivity contribution is 5.98. The van der Waals surface area contributed by atoms with Gasteiger partial charge in [0.1, 0.15) is 12.4 Å². The van der Waals surface area contributed by atoms with Crippen molar-refractivity contribution in [2.24, 2.45) is 0 Å². The molecule has 5 nitrogen and oxygen atoms in total. The summed E-state index contributed by atoms with van der Waals surface area (Å²) in [5.74, 6) is 0.673. The number of likely N-dealkylation sites (N-methyl/N-ethyl adjacent to an activating group) is 1. The van der Waals surface area contributed by atoms with Crippen molar-refractivity contribution in [3.05, 3.63) is 53.8 Å². The van der Waals surface area contributed by atoms with Crippen molar-refractivity contribution in [3.8, 4) is 11.5 Å². The zero-order valence-corrected chi connectivity index (χ0v) is 17.9. The molecule has 0 aliphatic carbocycles. The van der Waals surface area contributed by atoms with E-state index in [0.29, 0.717) is 23.8 Å². The van der Waals surface area contributed by atoms with Crippen molar-refractivity contribution in [2.45, 2.75) is 33.1 Å². The minimum absolute atomic E-state index is 0.191. The number of halogens is 1. The number of amides is 1. The Kier molecular flexibility index (Phi) is 8.02. The summed E-state index contributed by atoms with van der Waals surface area (Å²) in [6.07, 6.45) is 0. The number of hydrogen-bond acceptors (Lipinski definition) is 4. The number of methoxy groups -OCH3 is 1. The van der Waals surface area contributed by atoms with Gasteiger partial charge in [-0.05, 0) is 56.8 Å². The Bertz CT molecular complexity index is 802. The summed E-state index contributed by atoms with van der Waals surface area (Å²) in [5.41, 5.74) is 0.529. The average molecular weight is 403 g/mol. The molecule has 2 aromatic rings. The van der Waals surface area contributed by atoms with Gasteiger partial charge >= 0.3 is 0 Å². The van der Waals surface area contributed by atoms with Crippen LogP contribution in [0, 0.1) is 5.82 Å². The first kappa shape index (κ1) is 22.7. The van der Waals surface area contributed by atoms with Crippen LogP contribution in [0.3, 0.4) is 0 Å². The van der Waals surface area contributed by atoms with Gasteiger partial charge in [-0.2, -0.15) is 0 Å². The molecule has 0 saturated carbocycles. The lowest BCUT2D eigenvalue weighted by atomic mass is 9.83. The minimum atomic E-state index is -0.822. The van der Waals surface area contributed by atoms with E-state index in [1.54, 1.807) is 51.3 Å². The van der Waals surface area contributed by atoms with E-state index in [4.69, 9.17) is 9.47 Å². The van der Waals surface area contributed by atoms with E-state index in [1.165, 1.54) is 12.1 Å². The average Bonchev–Trinajstić information content (AvgIpc) is 2.71. The normalized spacial score (nSPS) is 11.4. The molecule has 0 atom stereocenters. The smallest absolute Gasteiger partial charge is 0.234 e. The molecule has 2 aromatic carbocycles. The summed E-state index contributed by atoms with van der Waals surface area (Å²) in [6.45, 7) is 11.1. The van der Waals surface area contributed by atoms with Crippen LogP contribution in [0.25, 0.3) is 0 Å². The molecule has 0 unspecified atom stereocenters. The maximum Gasteiger partial charge on any atom is 0.234 e. The third kappa shape index (κ3) is 5.94. The van der Waals surface area contributed by atoms with Gasteiger partial charge in [0.25, 0.3) is 0 Å². The fourth-order valence-corrected chi connectivity index (χ4v) is 2.98. The molecule has 0 spiro atoms. The van der Waals surface area contributed by atoms with Gasteiger partial charge in [-0.15, -0.1) is 0 Å². The lowest BCUT2D eigenvalue weighted by Crippen LogP contribution is -2.34. The van der Waals surface area contributed by atoms with E-state index < -0.39 is 5.41 Å². The molecule has 1 N–H and O–H groups in total. The predicted molar refractivity (Wildman–Crippen MR) is 114 cm³/mol. The van der Waals surface area contributed by atoms with E-state index in [-0.39, 0.29) is 11.7 Å². The molecule has 1 amide bonds. The number of carbonyl (C=O) groups excluding carboxylic acids is 1. The van der Waals surface area contributed by atoms with E-state index >= 15 is 0 Å². The van der Waals surface area contributed by atoms with E-state index in [9.17, 15) is 9.18 Å². The van der Waals surface area contributed by atoms with Crippen molar-refractivity contribution in [2.75, 3.05) is 38.7 Å². The molecular weight excluding hydrogens is 371 g/mol. The number of rotatable bonds is 10. The molecule has 0 radical (unpaired) electrons. The van der Waals surface area contributed by atoms with Crippen molar-refractivity contribution in [1.29, 1.82) is 0 Å². The van der Waals surface area contributed by atoms with E-state index in [1.807, 2.05) is 0 Å². The van der Waals surface area contributed by atoms with Crippen LogP contribution in [0.2, 0.25) is 0 Å². The van der Waals surface area contributed by atoms with Gasteiger partial charge in [0.05, 0.1) is 12.5 Å². The van der Waals surface area contributed by atoms with Crippen LogP contribution < -0.4 is 14.8 Å². The first-order valence-corrected chi connectivity index (χ1v) is 9.92. The highest BCUT2D eigenvalue weighted by atomic mass is 19.1. The molecule has 158 valence electrons. The van der Waals surface area contributed by atoms with Crippen molar-refractivity contribution in [3.63, 3.8) is 0 Å². The predicted octanol–water partition coefficient (Wildman–Crippen LogP) is 4.47. The van der Waals surface area contributed by atoms with Crippen LogP contribution in [0.1, 0.15) is 33.3 Å². The Labute approximate surface area is 172 Å². The van der Waals surface area contributed by atoms with Gasteiger partial charge in [-0.1, -0.05) is 26.0 Å². The number of nitrogens with zero attached hydrogens (tertiary/aromatic N) is 1. The molecule has 0 saturated heterocycles. The van der Waals surface area contributed by atoms with Gasteiger partial charge in [-0.25, -0.2) is 4.39 Å². The van der Waals surface area contributed by atoms with Gasteiger partial charge in [0, 0.05) is 18.3 Å². The molecular formula is C23H31FN2O3. The Hall–Kier alpha value is -2.60. The van der Waals surface area contributed by atoms with Crippen molar-refractivity contribution < 1.29 is 18.7 Å². The van der Waals surface area contributed by atoms with Crippen LogP contribution in [0.4, 0.5) is 10.1 Å². The van der Waals surface area contributed by atoms with Gasteiger partial charge in [0.2, 0.25) is 5.91 Å². The van der Waals surface area contributed by atoms with Crippen LogP contribution in [-0.2, 0) is 10.2 Å². The summed E-state index contributed by atoms with van der Waals surface area (Å²) >= 11 is 0. The highest BCUT2D eigenvalue weighted by Crippen LogP contribution is 2.32. The zero-order chi connectivity index (χ0) is 21.4. The Morgan fingerprint density at radius 3 is 2.31 bits per heavy atom. The summed E-state index contributed by atoms with van der Waals surface area (Å²) < 4.78 is 24.5. The second-order valence-electron chi connectivity index (χ2n) is 7.33. The molecule has 6 heteroatoms. The molecule has 0 aliphatic heterocycles. The monoisotopic (exact) mass is 402 g/mol. The first-order chi connectivity index (χ1) is 13.8. The third-order valence-electron chi connectivity index (χ3n) is 5.11. The number of ether oxygens (including phenoxy) is 2. The standard InChI is InChI=1S/C23H31FN2O3/c1-6-26(7-2)14-15-29-21-16-19(12-13-20(21)28-5)25-22(27)23(3,4)17-8-10-18(24)11-9-17/h8-13,16H,6-7,14-15H2,1-5H3,(H,25,27). The topological polar surface area (TPSA) is 50.8 Å². The fourth-order valence-electron chi connectivity index (χ4n) is 2.98. The highest BCUT2D eigenvalue weighted by Gasteiger charge is 2.30. The molecule has 0 heterocycles. The maximum atomic E-state index is 13.2. The van der Waals surface area contributed by atoms with Crippen molar-refractivity contribution in [1.82, 2.24) is 4.90 Å².